The molecule has 0 aliphatic carbocycles. The van der Waals surface area contributed by atoms with Gasteiger partial charge >= 0.3 is 0 Å². The first-order valence-corrected chi connectivity index (χ1v) is 9.72. The fraction of sp³-hybridized carbons (Fsp3) is 0.217. The summed E-state index contributed by atoms with van der Waals surface area (Å²) in [5, 5.41) is 5.55. The molecule has 27 heavy (non-hydrogen) atoms. The van der Waals surface area contributed by atoms with E-state index in [4.69, 9.17) is 11.6 Å². The zero-order valence-corrected chi connectivity index (χ0v) is 16.1. The van der Waals surface area contributed by atoms with E-state index in [9.17, 15) is 0 Å². The molecule has 1 aliphatic heterocycles. The van der Waals surface area contributed by atoms with Gasteiger partial charge in [-0.15, -0.1) is 0 Å². The summed E-state index contributed by atoms with van der Waals surface area (Å²) in [5.41, 5.74) is 6.88. The maximum Gasteiger partial charge on any atom is 0.0490 e. The summed E-state index contributed by atoms with van der Waals surface area (Å²) in [4.78, 5) is 2.47. The molecule has 0 unspecified atom stereocenters. The average molecular weight is 378 g/mol. The van der Waals surface area contributed by atoms with Crippen molar-refractivity contribution in [1.82, 2.24) is 15.3 Å². The van der Waals surface area contributed by atoms with Gasteiger partial charge in [0.2, 0.25) is 0 Å². The van der Waals surface area contributed by atoms with Crippen molar-refractivity contribution in [2.24, 2.45) is 0 Å². The van der Waals surface area contributed by atoms with E-state index in [0.717, 1.165) is 49.0 Å². The number of hydrogen-bond acceptors (Lipinski definition) is 3. The smallest absolute Gasteiger partial charge is 0.0490 e. The van der Waals surface area contributed by atoms with E-state index >= 15 is 0 Å². The largest absolute Gasteiger partial charge is 0.319 e. The molecule has 3 nitrogen and oxygen atoms in total. The van der Waals surface area contributed by atoms with Gasteiger partial charge in [-0.1, -0.05) is 66.7 Å². The van der Waals surface area contributed by atoms with Crippen LogP contribution in [0, 0.1) is 0 Å². The molecule has 1 saturated heterocycles. The molecule has 0 bridgehead atoms. The molecule has 1 aliphatic rings. The van der Waals surface area contributed by atoms with E-state index in [2.05, 4.69) is 76.5 Å². The topological polar surface area (TPSA) is 18.5 Å². The summed E-state index contributed by atoms with van der Waals surface area (Å²) < 4.78 is 0. The molecule has 1 heterocycles. The molecule has 1 N–H and O–H groups in total. The maximum absolute atomic E-state index is 5.97. The lowest BCUT2D eigenvalue weighted by atomic mass is 10.1. The second kappa shape index (κ2) is 8.13. The van der Waals surface area contributed by atoms with E-state index in [0.29, 0.717) is 0 Å². The number of nitrogens with zero attached hydrogens (tertiary/aromatic N) is 2. The van der Waals surface area contributed by atoms with Crippen LogP contribution < -0.4 is 5.43 Å². The Hall–Kier alpha value is -2.33. The van der Waals surface area contributed by atoms with E-state index in [-0.39, 0.29) is 0 Å². The molecule has 3 aromatic rings. The Balaban J connectivity index is 1.31. The molecule has 0 spiro atoms. The predicted molar refractivity (Wildman–Crippen MR) is 114 cm³/mol. The average Bonchev–Trinajstić information content (AvgIpc) is 2.71. The van der Waals surface area contributed by atoms with Crippen molar-refractivity contribution in [3.05, 3.63) is 89.5 Å². The quantitative estimate of drug-likeness (QED) is 0.689. The van der Waals surface area contributed by atoms with Gasteiger partial charge in [-0.25, -0.2) is 5.01 Å². The highest BCUT2D eigenvalue weighted by atomic mass is 35.5. The van der Waals surface area contributed by atoms with Crippen LogP contribution in [-0.4, -0.2) is 36.1 Å². The minimum absolute atomic E-state index is 0.792. The number of halogens is 1. The number of nitrogens with one attached hydrogen (secondary N) is 1. The Kier molecular flexibility index (Phi) is 5.44. The lowest BCUT2D eigenvalue weighted by molar-refractivity contribution is 0.104. The van der Waals surface area contributed by atoms with Crippen molar-refractivity contribution in [1.29, 1.82) is 0 Å². The van der Waals surface area contributed by atoms with Gasteiger partial charge in [-0.05, 0) is 40.1 Å². The SMILES string of the molecule is C=C(NN1CCN(Cc2ccc(Cl)cc2)CC1)c1ccc2ccccc2c1. The lowest BCUT2D eigenvalue weighted by Crippen LogP contribution is -2.50. The number of hydrogen-bond donors (Lipinski definition) is 1. The lowest BCUT2D eigenvalue weighted by Gasteiger charge is -2.35. The Labute approximate surface area is 165 Å². The van der Waals surface area contributed by atoms with Crippen LogP contribution in [-0.2, 0) is 6.54 Å². The van der Waals surface area contributed by atoms with Gasteiger partial charge in [0.1, 0.15) is 0 Å². The summed E-state index contributed by atoms with van der Waals surface area (Å²) in [6.07, 6.45) is 0. The van der Waals surface area contributed by atoms with Crippen LogP contribution in [0.15, 0.2) is 73.3 Å². The van der Waals surface area contributed by atoms with Gasteiger partial charge < -0.3 is 5.43 Å². The first-order valence-electron chi connectivity index (χ1n) is 9.34. The summed E-state index contributed by atoms with van der Waals surface area (Å²) in [6, 6.07) is 23.0. The fourth-order valence-electron chi connectivity index (χ4n) is 3.50. The minimum Gasteiger partial charge on any atom is -0.319 e. The molecule has 0 aromatic heterocycles. The highest BCUT2D eigenvalue weighted by Crippen LogP contribution is 2.20. The van der Waals surface area contributed by atoms with E-state index in [1.165, 1.54) is 16.3 Å². The highest BCUT2D eigenvalue weighted by molar-refractivity contribution is 6.30. The maximum atomic E-state index is 5.97. The zero-order valence-electron chi connectivity index (χ0n) is 15.4. The Bertz CT molecular complexity index is 928. The number of benzene rings is 3. The van der Waals surface area contributed by atoms with Crippen LogP contribution >= 0.6 is 11.6 Å². The first kappa shape index (κ1) is 18.1. The molecule has 3 aromatic carbocycles. The Morgan fingerprint density at radius 3 is 2.33 bits per heavy atom. The number of hydrazine groups is 1. The summed E-state index contributed by atoms with van der Waals surface area (Å²) in [7, 11) is 0. The van der Waals surface area contributed by atoms with Crippen molar-refractivity contribution in [3.8, 4) is 0 Å². The van der Waals surface area contributed by atoms with Crippen molar-refractivity contribution in [2.75, 3.05) is 26.2 Å². The molecule has 0 saturated carbocycles. The van der Waals surface area contributed by atoms with E-state index < -0.39 is 0 Å². The third kappa shape index (κ3) is 4.51. The molecular formula is C23H24ClN3. The third-order valence-corrected chi connectivity index (χ3v) is 5.33. The molecular weight excluding hydrogens is 354 g/mol. The van der Waals surface area contributed by atoms with Gasteiger partial charge in [0.15, 0.2) is 0 Å². The molecule has 0 amide bonds. The normalized spacial score (nSPS) is 15.7. The van der Waals surface area contributed by atoms with Gasteiger partial charge in [0.05, 0.1) is 0 Å². The van der Waals surface area contributed by atoms with Gasteiger partial charge in [0, 0.05) is 43.4 Å². The van der Waals surface area contributed by atoms with Gasteiger partial charge in [-0.2, -0.15) is 0 Å². The summed E-state index contributed by atoms with van der Waals surface area (Å²) >= 11 is 5.97. The summed E-state index contributed by atoms with van der Waals surface area (Å²) in [6.45, 7) is 9.21. The zero-order chi connectivity index (χ0) is 18.6. The molecule has 4 rings (SSSR count). The monoisotopic (exact) mass is 377 g/mol. The minimum atomic E-state index is 0.792. The third-order valence-electron chi connectivity index (χ3n) is 5.08. The fourth-order valence-corrected chi connectivity index (χ4v) is 3.62. The van der Waals surface area contributed by atoms with Gasteiger partial charge in [-0.3, -0.25) is 4.90 Å². The van der Waals surface area contributed by atoms with Crippen molar-refractivity contribution in [3.63, 3.8) is 0 Å². The van der Waals surface area contributed by atoms with Crippen molar-refractivity contribution >= 4 is 28.1 Å². The van der Waals surface area contributed by atoms with Crippen molar-refractivity contribution in [2.45, 2.75) is 6.54 Å². The Morgan fingerprint density at radius 1 is 0.889 bits per heavy atom. The van der Waals surface area contributed by atoms with E-state index in [1.807, 2.05) is 12.1 Å². The van der Waals surface area contributed by atoms with Crippen LogP contribution in [0.2, 0.25) is 5.02 Å². The molecule has 1 fully saturated rings. The second-order valence-electron chi connectivity index (χ2n) is 7.04. The van der Waals surface area contributed by atoms with Crippen LogP contribution in [0.5, 0.6) is 0 Å². The van der Waals surface area contributed by atoms with Crippen LogP contribution in [0.4, 0.5) is 0 Å². The summed E-state index contributed by atoms with van der Waals surface area (Å²) in [5.74, 6) is 0. The molecule has 4 heteroatoms. The number of piperazine rings is 1. The van der Waals surface area contributed by atoms with Crippen LogP contribution in [0.3, 0.4) is 0 Å². The second-order valence-corrected chi connectivity index (χ2v) is 7.48. The number of rotatable bonds is 5. The Morgan fingerprint density at radius 2 is 1.59 bits per heavy atom. The molecule has 0 atom stereocenters. The predicted octanol–water partition coefficient (Wildman–Crippen LogP) is 4.79. The van der Waals surface area contributed by atoms with Crippen LogP contribution in [0.1, 0.15) is 11.1 Å². The van der Waals surface area contributed by atoms with Crippen LogP contribution in [0.25, 0.3) is 16.5 Å². The van der Waals surface area contributed by atoms with Crippen molar-refractivity contribution < 1.29 is 0 Å². The number of fused-ring (bicyclic) bond motifs is 1. The molecule has 0 radical (unpaired) electrons. The molecule has 138 valence electrons. The highest BCUT2D eigenvalue weighted by Gasteiger charge is 2.17. The standard InChI is InChI=1S/C23H24ClN3/c1-18(21-9-8-20-4-2-3-5-22(20)16-21)25-27-14-12-26(13-15-27)17-19-6-10-23(24)11-7-19/h2-11,16,25H,1,12-15,17H2. The first-order chi connectivity index (χ1) is 13.2. The van der Waals surface area contributed by atoms with Gasteiger partial charge in [0.25, 0.3) is 0 Å². The van der Waals surface area contributed by atoms with E-state index in [1.54, 1.807) is 0 Å².